The third kappa shape index (κ3) is 8.56. The number of hydrogen-bond acceptors (Lipinski definition) is 6. The molecule has 8 nitrogen and oxygen atoms in total. The van der Waals surface area contributed by atoms with Crippen molar-refractivity contribution >= 4 is 35.6 Å². The molecule has 0 fully saturated rings. The Morgan fingerprint density at radius 1 is 0.944 bits per heavy atom. The van der Waals surface area contributed by atoms with Crippen LogP contribution in [0.25, 0.3) is 0 Å². The monoisotopic (exact) mass is 507 g/mol. The molecule has 2 N–H and O–H groups in total. The normalized spacial score (nSPS) is 10.6. The van der Waals surface area contributed by atoms with Crippen LogP contribution in [0.3, 0.4) is 0 Å². The van der Waals surface area contributed by atoms with Crippen LogP contribution in [0.5, 0.6) is 11.5 Å². The highest BCUT2D eigenvalue weighted by atomic mass is 35.5. The predicted molar refractivity (Wildman–Crippen MR) is 138 cm³/mol. The van der Waals surface area contributed by atoms with Crippen LogP contribution in [-0.2, 0) is 4.79 Å². The largest absolute Gasteiger partial charge is 0.494 e. The van der Waals surface area contributed by atoms with E-state index in [0.717, 1.165) is 12.8 Å². The van der Waals surface area contributed by atoms with Crippen molar-refractivity contribution in [3.63, 3.8) is 0 Å². The molecule has 0 heterocycles. The second kappa shape index (κ2) is 13.7. The lowest BCUT2D eigenvalue weighted by Gasteiger charge is -2.07. The van der Waals surface area contributed by atoms with Crippen LogP contribution in [0.4, 0.5) is 0 Å². The highest BCUT2D eigenvalue weighted by Crippen LogP contribution is 2.16. The molecule has 3 aromatic carbocycles. The molecular formula is C27H26ClN3O5. The number of amides is 2. The summed E-state index contributed by atoms with van der Waals surface area (Å²) in [6.07, 6.45) is 3.40. The first kappa shape index (κ1) is 26.4. The summed E-state index contributed by atoms with van der Waals surface area (Å²) in [7, 11) is 0. The van der Waals surface area contributed by atoms with Crippen molar-refractivity contribution in [2.24, 2.45) is 5.10 Å². The summed E-state index contributed by atoms with van der Waals surface area (Å²) in [5.74, 6) is -0.396. The maximum absolute atomic E-state index is 12.2. The number of hydrazone groups is 1. The molecule has 0 atom stereocenters. The Bertz CT molecular complexity index is 1210. The Morgan fingerprint density at radius 3 is 2.39 bits per heavy atom. The van der Waals surface area contributed by atoms with Gasteiger partial charge in [0.25, 0.3) is 11.8 Å². The number of carbonyl (C=O) groups excluding carboxylic acids is 3. The Hall–Kier alpha value is -4.17. The average molecular weight is 508 g/mol. The molecule has 0 saturated heterocycles. The number of ether oxygens (including phenoxy) is 2. The first-order valence-corrected chi connectivity index (χ1v) is 11.7. The van der Waals surface area contributed by atoms with Crippen molar-refractivity contribution in [2.45, 2.75) is 19.8 Å². The van der Waals surface area contributed by atoms with Crippen molar-refractivity contribution in [2.75, 3.05) is 13.2 Å². The summed E-state index contributed by atoms with van der Waals surface area (Å²) < 4.78 is 10.9. The minimum absolute atomic E-state index is 0.246. The molecule has 0 radical (unpaired) electrons. The number of esters is 1. The highest BCUT2D eigenvalue weighted by molar-refractivity contribution is 6.30. The van der Waals surface area contributed by atoms with Gasteiger partial charge in [0.2, 0.25) is 0 Å². The molecule has 0 unspecified atom stereocenters. The standard InChI is InChI=1S/C27H26ClN3O5/c1-2-3-15-35-23-13-9-20(10-14-23)26(33)29-18-25(32)31-30-17-19-5-4-6-24(16-19)36-27(34)21-7-11-22(28)12-8-21/h4-14,16-17H,2-3,15,18H2,1H3,(H,29,33)(H,31,32)/b30-17-. The Morgan fingerprint density at radius 2 is 1.67 bits per heavy atom. The van der Waals surface area contributed by atoms with E-state index in [0.29, 0.717) is 39.8 Å². The molecular weight excluding hydrogens is 482 g/mol. The third-order valence-electron chi connectivity index (χ3n) is 4.84. The second-order valence-corrected chi connectivity index (χ2v) is 8.11. The SMILES string of the molecule is CCCCOc1ccc(C(=O)NCC(=O)N/N=C\c2cccc(OC(=O)c3ccc(Cl)cc3)c2)cc1. The van der Waals surface area contributed by atoms with Gasteiger partial charge < -0.3 is 14.8 Å². The number of carbonyl (C=O) groups is 3. The lowest BCUT2D eigenvalue weighted by atomic mass is 10.2. The second-order valence-electron chi connectivity index (χ2n) is 7.67. The quantitative estimate of drug-likeness (QED) is 0.129. The minimum Gasteiger partial charge on any atom is -0.494 e. The van der Waals surface area contributed by atoms with Crippen molar-refractivity contribution in [3.05, 3.63) is 94.5 Å². The molecule has 186 valence electrons. The van der Waals surface area contributed by atoms with Gasteiger partial charge in [-0.3, -0.25) is 9.59 Å². The lowest BCUT2D eigenvalue weighted by molar-refractivity contribution is -0.120. The Kier molecular flexibility index (Phi) is 10.0. The molecule has 9 heteroatoms. The van der Waals surface area contributed by atoms with Crippen LogP contribution in [0.15, 0.2) is 77.9 Å². The number of benzene rings is 3. The van der Waals surface area contributed by atoms with Gasteiger partial charge in [-0.05, 0) is 72.6 Å². The lowest BCUT2D eigenvalue weighted by Crippen LogP contribution is -2.34. The van der Waals surface area contributed by atoms with Gasteiger partial charge in [-0.2, -0.15) is 5.10 Å². The maximum Gasteiger partial charge on any atom is 0.343 e. The van der Waals surface area contributed by atoms with E-state index in [2.05, 4.69) is 22.8 Å². The molecule has 36 heavy (non-hydrogen) atoms. The summed E-state index contributed by atoms with van der Waals surface area (Å²) in [5.41, 5.74) is 3.72. The van der Waals surface area contributed by atoms with Gasteiger partial charge in [0.05, 0.1) is 24.9 Å². The third-order valence-corrected chi connectivity index (χ3v) is 5.10. The molecule has 2 amide bonds. The highest BCUT2D eigenvalue weighted by Gasteiger charge is 2.09. The molecule has 0 spiro atoms. The van der Waals surface area contributed by atoms with Crippen LogP contribution in [-0.4, -0.2) is 37.1 Å². The molecule has 3 aromatic rings. The molecule has 3 rings (SSSR count). The summed E-state index contributed by atoms with van der Waals surface area (Å²) in [5, 5.41) is 6.94. The van der Waals surface area contributed by atoms with E-state index in [1.54, 1.807) is 72.8 Å². The van der Waals surface area contributed by atoms with Crippen LogP contribution in [0, 0.1) is 0 Å². The zero-order chi connectivity index (χ0) is 25.8. The zero-order valence-corrected chi connectivity index (χ0v) is 20.5. The Labute approximate surface area is 214 Å². The summed E-state index contributed by atoms with van der Waals surface area (Å²) in [6.45, 7) is 2.46. The summed E-state index contributed by atoms with van der Waals surface area (Å²) >= 11 is 5.83. The van der Waals surface area contributed by atoms with Gasteiger partial charge in [-0.1, -0.05) is 37.1 Å². The van der Waals surface area contributed by atoms with E-state index in [4.69, 9.17) is 21.1 Å². The van der Waals surface area contributed by atoms with Gasteiger partial charge in [0, 0.05) is 10.6 Å². The number of halogens is 1. The van der Waals surface area contributed by atoms with Gasteiger partial charge in [0.15, 0.2) is 0 Å². The number of unbranched alkanes of at least 4 members (excludes halogenated alkanes) is 1. The van der Waals surface area contributed by atoms with E-state index < -0.39 is 11.9 Å². The Balaban J connectivity index is 1.44. The molecule has 0 saturated carbocycles. The number of rotatable bonds is 11. The molecule has 0 aliphatic carbocycles. The van der Waals surface area contributed by atoms with Crippen molar-refractivity contribution in [3.8, 4) is 11.5 Å². The molecule has 0 aromatic heterocycles. The van der Waals surface area contributed by atoms with Crippen LogP contribution in [0.2, 0.25) is 5.02 Å². The van der Waals surface area contributed by atoms with E-state index >= 15 is 0 Å². The van der Waals surface area contributed by atoms with Crippen LogP contribution in [0.1, 0.15) is 46.0 Å². The van der Waals surface area contributed by atoms with Gasteiger partial charge in [-0.25, -0.2) is 10.2 Å². The maximum atomic E-state index is 12.2. The number of nitrogens with zero attached hydrogens (tertiary/aromatic N) is 1. The van der Waals surface area contributed by atoms with Gasteiger partial charge in [-0.15, -0.1) is 0 Å². The number of nitrogens with one attached hydrogen (secondary N) is 2. The fourth-order valence-corrected chi connectivity index (χ4v) is 3.05. The minimum atomic E-state index is -0.525. The fourth-order valence-electron chi connectivity index (χ4n) is 2.93. The fraction of sp³-hybridized carbons (Fsp3) is 0.185. The van der Waals surface area contributed by atoms with E-state index in [-0.39, 0.29) is 12.5 Å². The van der Waals surface area contributed by atoms with Crippen molar-refractivity contribution in [1.29, 1.82) is 0 Å². The van der Waals surface area contributed by atoms with Gasteiger partial charge >= 0.3 is 5.97 Å². The number of hydrogen-bond donors (Lipinski definition) is 2. The predicted octanol–water partition coefficient (Wildman–Crippen LogP) is 4.62. The first-order chi connectivity index (χ1) is 17.4. The van der Waals surface area contributed by atoms with Crippen molar-refractivity contribution < 1.29 is 23.9 Å². The van der Waals surface area contributed by atoms with Crippen LogP contribution >= 0.6 is 11.6 Å². The zero-order valence-electron chi connectivity index (χ0n) is 19.7. The van der Waals surface area contributed by atoms with Crippen LogP contribution < -0.4 is 20.2 Å². The smallest absolute Gasteiger partial charge is 0.343 e. The van der Waals surface area contributed by atoms with E-state index in [1.807, 2.05) is 0 Å². The van der Waals surface area contributed by atoms with Gasteiger partial charge in [0.1, 0.15) is 11.5 Å². The molecule has 0 bridgehead atoms. The van der Waals surface area contributed by atoms with E-state index in [9.17, 15) is 14.4 Å². The van der Waals surface area contributed by atoms with Crippen molar-refractivity contribution in [1.82, 2.24) is 10.7 Å². The summed E-state index contributed by atoms with van der Waals surface area (Å²) in [4.78, 5) is 36.5. The van der Waals surface area contributed by atoms with E-state index in [1.165, 1.54) is 6.21 Å². The molecule has 0 aliphatic heterocycles. The first-order valence-electron chi connectivity index (χ1n) is 11.4. The molecule has 0 aliphatic rings. The summed E-state index contributed by atoms with van der Waals surface area (Å²) in [6, 6.07) is 19.7. The average Bonchev–Trinajstić information content (AvgIpc) is 2.88. The topological polar surface area (TPSA) is 106 Å².